The smallest absolute Gasteiger partial charge is 0.505 e. The van der Waals surface area contributed by atoms with Gasteiger partial charge in [0.25, 0.3) is 11.5 Å². The average molecular weight is 538 g/mol. The molecule has 0 radical (unpaired) electrons. The second kappa shape index (κ2) is 12.7. The Kier molecular flexibility index (Phi) is 10.4. The number of amides is 1. The van der Waals surface area contributed by atoms with Gasteiger partial charge in [-0.1, -0.05) is 32.5 Å². The largest absolute Gasteiger partial charge is 1.00 e. The van der Waals surface area contributed by atoms with Gasteiger partial charge < -0.3 is 14.9 Å². The van der Waals surface area contributed by atoms with Crippen LogP contribution in [0, 0.1) is 12.3 Å². The van der Waals surface area contributed by atoms with E-state index in [4.69, 9.17) is 4.52 Å². The first kappa shape index (κ1) is 30.5. The van der Waals surface area contributed by atoms with Gasteiger partial charge in [-0.2, -0.15) is 47.2 Å². The molecule has 2 aromatic carbocycles. The van der Waals surface area contributed by atoms with Crippen molar-refractivity contribution in [2.45, 2.75) is 32.4 Å². The molecule has 0 unspecified atom stereocenters. The summed E-state index contributed by atoms with van der Waals surface area (Å²) >= 11 is 0. The van der Waals surface area contributed by atoms with Gasteiger partial charge in [0.15, 0.2) is 11.4 Å². The maximum Gasteiger partial charge on any atom is 1.00 e. The Morgan fingerprint density at radius 2 is 1.78 bits per heavy atom. The van der Waals surface area contributed by atoms with Crippen molar-refractivity contribution in [2.24, 2.45) is 0 Å². The van der Waals surface area contributed by atoms with Gasteiger partial charge >= 0.3 is 57.6 Å². The van der Waals surface area contributed by atoms with Crippen LogP contribution in [0.5, 0.6) is 5.75 Å². The zero-order valence-electron chi connectivity index (χ0n) is 20.4. The Labute approximate surface area is 252 Å². The number of benzene rings is 2. The first-order chi connectivity index (χ1) is 16.9. The molecule has 4 aromatic rings. The van der Waals surface area contributed by atoms with E-state index in [-0.39, 0.29) is 62.5 Å². The molecule has 37 heavy (non-hydrogen) atoms. The fourth-order valence-electron chi connectivity index (χ4n) is 2.81. The average Bonchev–Trinajstić information content (AvgIpc) is 3.36. The Balaban J connectivity index is 0.000000408. The maximum absolute atomic E-state index is 12.9. The van der Waals surface area contributed by atoms with Crippen LogP contribution < -0.4 is 62.3 Å². The molecule has 12 heteroatoms. The molecule has 0 aliphatic heterocycles. The summed E-state index contributed by atoms with van der Waals surface area (Å²) in [5.41, 5.74) is -2.13. The Hall–Kier alpha value is -2.77. The summed E-state index contributed by atoms with van der Waals surface area (Å²) < 4.78 is 44.2. The summed E-state index contributed by atoms with van der Waals surface area (Å²) in [4.78, 5) is 24.4. The van der Waals surface area contributed by atoms with Crippen molar-refractivity contribution in [3.05, 3.63) is 100 Å². The topological polar surface area (TPSA) is 110 Å². The van der Waals surface area contributed by atoms with Crippen molar-refractivity contribution < 1.29 is 79.0 Å². The number of hydrogen-bond acceptors (Lipinski definition) is 6. The van der Waals surface area contributed by atoms with E-state index < -0.39 is 34.6 Å². The first-order valence-corrected chi connectivity index (χ1v) is 10.5. The van der Waals surface area contributed by atoms with Crippen LogP contribution in [0.1, 0.15) is 42.6 Å². The zero-order valence-corrected chi connectivity index (χ0v) is 23.5. The predicted octanol–water partition coefficient (Wildman–Crippen LogP) is 1.79. The summed E-state index contributed by atoms with van der Waals surface area (Å²) in [7, 11) is 0. The van der Waals surface area contributed by atoms with Gasteiger partial charge in [0.05, 0.1) is 11.3 Å². The number of nitrogens with zero attached hydrogens (tertiary/aromatic N) is 3. The fraction of sp³-hybridized carbons (Fsp3) is 0.200. The number of anilines is 1. The molecule has 0 atom stereocenters. The third-order valence-electron chi connectivity index (χ3n) is 4.65. The predicted molar refractivity (Wildman–Crippen MR) is 124 cm³/mol. The number of nitrogens with one attached hydrogen (secondary N) is 1. The van der Waals surface area contributed by atoms with Crippen molar-refractivity contribution in [1.29, 1.82) is 0 Å². The number of rotatable bonds is 3. The van der Waals surface area contributed by atoms with E-state index in [1.54, 1.807) is 18.2 Å². The number of aromatic hydroxyl groups is 1. The molecule has 0 aliphatic carbocycles. The molecular weight excluding hydrogens is 516 g/mol. The van der Waals surface area contributed by atoms with Gasteiger partial charge in [-0.15, -0.1) is 18.3 Å². The van der Waals surface area contributed by atoms with Crippen LogP contribution >= 0.6 is 0 Å². The Morgan fingerprint density at radius 1 is 1.11 bits per heavy atom. The van der Waals surface area contributed by atoms with Gasteiger partial charge in [-0.25, -0.2) is 5.16 Å². The van der Waals surface area contributed by atoms with Gasteiger partial charge in [0, 0.05) is 6.07 Å². The number of hydrogen-bond donors (Lipinski definition) is 2. The summed E-state index contributed by atoms with van der Waals surface area (Å²) in [6.45, 7) is 6.21. The zero-order chi connectivity index (χ0) is 26.5. The third kappa shape index (κ3) is 8.37. The van der Waals surface area contributed by atoms with Crippen LogP contribution in [0.4, 0.5) is 18.9 Å². The first-order valence-electron chi connectivity index (χ1n) is 10.5. The molecule has 1 amide bonds. The van der Waals surface area contributed by atoms with Crippen LogP contribution in [0.3, 0.4) is 0 Å². The number of carbonyl (C=O) groups excluding carboxylic acids is 1. The molecule has 4 rings (SSSR count). The molecule has 2 heterocycles. The van der Waals surface area contributed by atoms with Crippen molar-refractivity contribution in [1.82, 2.24) is 14.9 Å². The molecule has 0 bridgehead atoms. The summed E-state index contributed by atoms with van der Waals surface area (Å²) in [6.07, 6.45) is -1.99. The van der Waals surface area contributed by atoms with Crippen LogP contribution in [-0.4, -0.2) is 26.0 Å². The third-order valence-corrected chi connectivity index (χ3v) is 4.65. The summed E-state index contributed by atoms with van der Waals surface area (Å²) in [5, 5.41) is 19.5. The van der Waals surface area contributed by atoms with E-state index in [2.05, 4.69) is 48.6 Å². The van der Waals surface area contributed by atoms with Crippen LogP contribution in [0.25, 0.3) is 5.69 Å². The van der Waals surface area contributed by atoms with Gasteiger partial charge in [0.1, 0.15) is 0 Å². The molecule has 0 spiro atoms. The number of halogens is 3. The van der Waals surface area contributed by atoms with Crippen LogP contribution in [0.2, 0.25) is 0 Å². The van der Waals surface area contributed by atoms with Crippen LogP contribution in [0.15, 0.2) is 70.0 Å². The normalized spacial score (nSPS) is 11.1. The van der Waals surface area contributed by atoms with E-state index in [0.29, 0.717) is 16.4 Å². The maximum atomic E-state index is 12.9. The van der Waals surface area contributed by atoms with Crippen molar-refractivity contribution in [2.75, 3.05) is 5.32 Å². The standard InChI is InChI=1S/C18H11F3N3O3.C7H10NO.K/c19-18(20,21)11-5-4-8-13(9-11)24-15(26)10-14(25)16(23-24)17(27)22-12-6-2-1-3-7-12;1-7(2,3)6-4-5-8-9-6;/h2-10,25H,(H,22,27);4H,1-3H3;/q2*-1;+1. The number of alkyl halides is 3. The van der Waals surface area contributed by atoms with E-state index in [1.807, 2.05) is 0 Å². The SMILES string of the molecule is CC(C)(C)c1c[c-]no1.O=C(Nc1cc[c-]cc1)c1nn(-c2cccc(C(F)(F)F)c2)c(=O)cc1O.[K+]. The molecule has 0 fully saturated rings. The minimum Gasteiger partial charge on any atom is -0.505 e. The molecule has 0 saturated carbocycles. The molecule has 188 valence electrons. The minimum absolute atomic E-state index is 0. The van der Waals surface area contributed by atoms with Gasteiger partial charge in [0.2, 0.25) is 0 Å². The van der Waals surface area contributed by atoms with Crippen molar-refractivity contribution in [3.63, 3.8) is 0 Å². The molecule has 0 saturated heterocycles. The van der Waals surface area contributed by atoms with Crippen molar-refractivity contribution >= 4 is 11.6 Å². The Morgan fingerprint density at radius 3 is 2.32 bits per heavy atom. The fourth-order valence-corrected chi connectivity index (χ4v) is 2.81. The second-order valence-electron chi connectivity index (χ2n) is 8.49. The van der Waals surface area contributed by atoms with Crippen molar-refractivity contribution in [3.8, 4) is 11.4 Å². The number of aromatic nitrogens is 3. The molecule has 8 nitrogen and oxygen atoms in total. The molecular formula is C25H21F3KN4O4-. The second-order valence-corrected chi connectivity index (χ2v) is 8.49. The van der Waals surface area contributed by atoms with Crippen LogP contribution in [-0.2, 0) is 11.6 Å². The number of carbonyl (C=O) groups is 1. The monoisotopic (exact) mass is 537 g/mol. The minimum atomic E-state index is -4.61. The van der Waals surface area contributed by atoms with E-state index in [0.717, 1.165) is 24.0 Å². The Bertz CT molecular complexity index is 1380. The van der Waals surface area contributed by atoms with E-state index in [1.165, 1.54) is 18.2 Å². The molecule has 0 aliphatic rings. The molecule has 2 aromatic heterocycles. The summed E-state index contributed by atoms with van der Waals surface area (Å²) in [6, 6.07) is 15.3. The summed E-state index contributed by atoms with van der Waals surface area (Å²) in [5.74, 6) is -0.648. The quantitative estimate of drug-likeness (QED) is 0.305. The van der Waals surface area contributed by atoms with E-state index in [9.17, 15) is 27.9 Å². The van der Waals surface area contributed by atoms with Gasteiger partial charge in [-0.05, 0) is 29.4 Å². The van der Waals surface area contributed by atoms with Gasteiger partial charge in [-0.3, -0.25) is 9.59 Å². The van der Waals surface area contributed by atoms with E-state index >= 15 is 0 Å². The molecule has 2 N–H and O–H groups in total.